The summed E-state index contributed by atoms with van der Waals surface area (Å²) >= 11 is 0. The summed E-state index contributed by atoms with van der Waals surface area (Å²) in [6.45, 7) is 9.90. The third kappa shape index (κ3) is 2.08. The fourth-order valence-corrected chi connectivity index (χ4v) is 2.64. The van der Waals surface area contributed by atoms with Crippen LogP contribution in [0.25, 0.3) is 0 Å². The lowest BCUT2D eigenvalue weighted by molar-refractivity contribution is 0.433. The van der Waals surface area contributed by atoms with Crippen molar-refractivity contribution in [2.24, 2.45) is 11.8 Å². The number of hydrogen-bond acceptors (Lipinski definition) is 2. The van der Waals surface area contributed by atoms with Crippen molar-refractivity contribution in [1.29, 1.82) is 0 Å². The molecule has 1 saturated carbocycles. The van der Waals surface area contributed by atoms with E-state index in [2.05, 4.69) is 48.8 Å². The summed E-state index contributed by atoms with van der Waals surface area (Å²) < 4.78 is 2.20. The van der Waals surface area contributed by atoms with Gasteiger partial charge in [-0.3, -0.25) is 0 Å². The molecular formula is C13H23N3. The Balaban J connectivity index is 2.08. The van der Waals surface area contributed by atoms with Gasteiger partial charge in [-0.1, -0.05) is 13.8 Å². The van der Waals surface area contributed by atoms with Crippen LogP contribution in [0, 0.1) is 18.8 Å². The number of nitrogens with one attached hydrogen (secondary N) is 1. The molecule has 0 spiro atoms. The van der Waals surface area contributed by atoms with E-state index in [4.69, 9.17) is 0 Å². The molecule has 1 fully saturated rings. The summed E-state index contributed by atoms with van der Waals surface area (Å²) in [4.78, 5) is 4.56. The fraction of sp³-hybridized carbons (Fsp3) is 0.769. The van der Waals surface area contributed by atoms with Gasteiger partial charge in [-0.2, -0.15) is 0 Å². The van der Waals surface area contributed by atoms with E-state index in [1.54, 1.807) is 0 Å². The van der Waals surface area contributed by atoms with Crippen LogP contribution in [0.15, 0.2) is 6.20 Å². The van der Waals surface area contributed by atoms with Gasteiger partial charge in [0, 0.05) is 18.8 Å². The first kappa shape index (κ1) is 11.5. The maximum absolute atomic E-state index is 4.56. The maximum Gasteiger partial charge on any atom is 0.203 e. The van der Waals surface area contributed by atoms with Crippen LogP contribution in [0.2, 0.25) is 0 Å². The van der Waals surface area contributed by atoms with Crippen LogP contribution >= 0.6 is 0 Å². The Morgan fingerprint density at radius 2 is 2.19 bits per heavy atom. The van der Waals surface area contributed by atoms with Crippen molar-refractivity contribution in [3.8, 4) is 0 Å². The fourth-order valence-electron chi connectivity index (χ4n) is 2.64. The molecule has 3 heteroatoms. The molecule has 3 atom stereocenters. The van der Waals surface area contributed by atoms with Crippen LogP contribution in [-0.4, -0.2) is 15.6 Å². The van der Waals surface area contributed by atoms with E-state index >= 15 is 0 Å². The predicted octanol–water partition coefficient (Wildman–Crippen LogP) is 3.06. The minimum absolute atomic E-state index is 0.599. The van der Waals surface area contributed by atoms with Gasteiger partial charge in [-0.25, -0.2) is 4.98 Å². The first-order valence-electron chi connectivity index (χ1n) is 6.42. The molecule has 1 aliphatic rings. The van der Waals surface area contributed by atoms with Crippen molar-refractivity contribution >= 4 is 5.95 Å². The number of aryl methyl sites for hydroxylation is 2. The summed E-state index contributed by atoms with van der Waals surface area (Å²) in [6.07, 6.45) is 4.73. The molecule has 90 valence electrons. The molecule has 0 saturated heterocycles. The van der Waals surface area contributed by atoms with Crippen molar-refractivity contribution in [3.63, 3.8) is 0 Å². The highest BCUT2D eigenvalue weighted by molar-refractivity contribution is 5.31. The average molecular weight is 221 g/mol. The van der Waals surface area contributed by atoms with Crippen molar-refractivity contribution in [2.75, 3.05) is 5.32 Å². The number of aromatic nitrogens is 2. The molecule has 1 heterocycles. The van der Waals surface area contributed by atoms with Crippen LogP contribution in [0.4, 0.5) is 5.95 Å². The summed E-state index contributed by atoms with van der Waals surface area (Å²) in [5, 5.41) is 3.61. The normalized spacial score (nSPS) is 29.6. The third-order valence-corrected chi connectivity index (χ3v) is 4.02. The topological polar surface area (TPSA) is 29.9 Å². The average Bonchev–Trinajstić information content (AvgIpc) is 2.76. The minimum Gasteiger partial charge on any atom is -0.353 e. The molecule has 16 heavy (non-hydrogen) atoms. The van der Waals surface area contributed by atoms with Gasteiger partial charge in [0.25, 0.3) is 0 Å². The van der Waals surface area contributed by atoms with E-state index in [-0.39, 0.29) is 0 Å². The van der Waals surface area contributed by atoms with Crippen molar-refractivity contribution in [3.05, 3.63) is 11.9 Å². The number of nitrogens with zero attached hydrogens (tertiary/aromatic N) is 2. The Bertz CT molecular complexity index is 356. The predicted molar refractivity (Wildman–Crippen MR) is 67.6 cm³/mol. The van der Waals surface area contributed by atoms with Gasteiger partial charge < -0.3 is 9.88 Å². The molecule has 2 rings (SSSR count). The van der Waals surface area contributed by atoms with Gasteiger partial charge in [0.2, 0.25) is 5.95 Å². The molecule has 0 aliphatic heterocycles. The number of imidazole rings is 1. The van der Waals surface area contributed by atoms with E-state index < -0.39 is 0 Å². The third-order valence-electron chi connectivity index (χ3n) is 4.02. The molecular weight excluding hydrogens is 198 g/mol. The second-order valence-corrected chi connectivity index (χ2v) is 5.16. The van der Waals surface area contributed by atoms with Crippen LogP contribution in [0.3, 0.4) is 0 Å². The molecule has 3 nitrogen and oxygen atoms in total. The van der Waals surface area contributed by atoms with Crippen LogP contribution in [0.1, 0.15) is 39.3 Å². The van der Waals surface area contributed by atoms with Crippen molar-refractivity contribution in [1.82, 2.24) is 9.55 Å². The molecule has 0 aromatic carbocycles. The van der Waals surface area contributed by atoms with E-state index in [1.165, 1.54) is 12.8 Å². The van der Waals surface area contributed by atoms with Crippen LogP contribution < -0.4 is 5.32 Å². The first-order valence-corrected chi connectivity index (χ1v) is 6.42. The first-order chi connectivity index (χ1) is 7.61. The van der Waals surface area contributed by atoms with Gasteiger partial charge >= 0.3 is 0 Å². The van der Waals surface area contributed by atoms with Gasteiger partial charge in [-0.15, -0.1) is 0 Å². The lowest BCUT2D eigenvalue weighted by Gasteiger charge is -2.20. The lowest BCUT2D eigenvalue weighted by atomic mass is 9.98. The largest absolute Gasteiger partial charge is 0.353 e. The minimum atomic E-state index is 0.599. The van der Waals surface area contributed by atoms with Crippen molar-refractivity contribution in [2.45, 2.75) is 53.1 Å². The standard InChI is InChI=1S/C13H23N3/c1-5-16-8-10(3)14-13(16)15-12-7-6-9(2)11(12)4/h8-9,11-12H,5-7H2,1-4H3,(H,14,15). The van der Waals surface area contributed by atoms with E-state index in [9.17, 15) is 0 Å². The van der Waals surface area contributed by atoms with E-state index in [1.807, 2.05) is 0 Å². The SMILES string of the molecule is CCn1cc(C)nc1NC1CCC(C)C1C. The summed E-state index contributed by atoms with van der Waals surface area (Å²) in [5.41, 5.74) is 1.10. The summed E-state index contributed by atoms with van der Waals surface area (Å²) in [7, 11) is 0. The molecule has 0 amide bonds. The van der Waals surface area contributed by atoms with Gasteiger partial charge in [0.05, 0.1) is 5.69 Å². The Morgan fingerprint density at radius 1 is 1.44 bits per heavy atom. The van der Waals surface area contributed by atoms with Gasteiger partial charge in [-0.05, 0) is 38.5 Å². The highest BCUT2D eigenvalue weighted by Gasteiger charge is 2.30. The quantitative estimate of drug-likeness (QED) is 0.850. The molecule has 1 aliphatic carbocycles. The second kappa shape index (κ2) is 4.48. The van der Waals surface area contributed by atoms with Gasteiger partial charge in [0.15, 0.2) is 0 Å². The maximum atomic E-state index is 4.56. The second-order valence-electron chi connectivity index (χ2n) is 5.16. The zero-order chi connectivity index (χ0) is 11.7. The molecule has 1 aromatic heterocycles. The smallest absolute Gasteiger partial charge is 0.203 e. The highest BCUT2D eigenvalue weighted by Crippen LogP contribution is 2.33. The zero-order valence-electron chi connectivity index (χ0n) is 10.8. The number of rotatable bonds is 3. The highest BCUT2D eigenvalue weighted by atomic mass is 15.2. The summed E-state index contributed by atoms with van der Waals surface area (Å²) in [6, 6.07) is 0.599. The molecule has 3 unspecified atom stereocenters. The molecule has 1 N–H and O–H groups in total. The Morgan fingerprint density at radius 3 is 2.75 bits per heavy atom. The number of hydrogen-bond donors (Lipinski definition) is 1. The van der Waals surface area contributed by atoms with Crippen LogP contribution in [-0.2, 0) is 6.54 Å². The van der Waals surface area contributed by atoms with Crippen LogP contribution in [0.5, 0.6) is 0 Å². The number of anilines is 1. The molecule has 1 aromatic rings. The monoisotopic (exact) mass is 221 g/mol. The van der Waals surface area contributed by atoms with Gasteiger partial charge in [0.1, 0.15) is 0 Å². The Kier molecular flexibility index (Phi) is 3.22. The zero-order valence-corrected chi connectivity index (χ0v) is 10.8. The van der Waals surface area contributed by atoms with Crippen molar-refractivity contribution < 1.29 is 0 Å². The molecule has 0 bridgehead atoms. The Hall–Kier alpha value is -0.990. The molecule has 0 radical (unpaired) electrons. The Labute approximate surface area is 98.3 Å². The van der Waals surface area contributed by atoms with E-state index in [0.29, 0.717) is 6.04 Å². The van der Waals surface area contributed by atoms with E-state index in [0.717, 1.165) is 30.0 Å². The summed E-state index contributed by atoms with van der Waals surface area (Å²) in [5.74, 6) is 2.64. The lowest BCUT2D eigenvalue weighted by Crippen LogP contribution is -2.25.